The highest BCUT2D eigenvalue weighted by Gasteiger charge is 2.17. The van der Waals surface area contributed by atoms with E-state index in [-0.39, 0.29) is 17.5 Å². The topological polar surface area (TPSA) is 161 Å². The number of aromatic nitrogens is 3. The van der Waals surface area contributed by atoms with E-state index in [4.69, 9.17) is 19.7 Å². The van der Waals surface area contributed by atoms with Crippen molar-refractivity contribution in [1.29, 1.82) is 0 Å². The molecule has 11 nitrogen and oxygen atoms in total. The van der Waals surface area contributed by atoms with Gasteiger partial charge in [0.05, 0.1) is 30.5 Å². The molecule has 2 aromatic carbocycles. The lowest BCUT2D eigenvalue weighted by Crippen LogP contribution is -2.05. The first-order valence-corrected chi connectivity index (χ1v) is 10.6. The van der Waals surface area contributed by atoms with E-state index in [1.165, 1.54) is 0 Å². The molecule has 2 aromatic heterocycles. The van der Waals surface area contributed by atoms with Gasteiger partial charge in [0.1, 0.15) is 5.56 Å². The van der Waals surface area contributed by atoms with Gasteiger partial charge in [-0.25, -0.2) is 19.2 Å². The Morgan fingerprint density at radius 3 is 1.71 bits per heavy atom. The van der Waals surface area contributed by atoms with Crippen LogP contribution in [0.15, 0.2) is 42.6 Å². The molecule has 35 heavy (non-hydrogen) atoms. The molecule has 4 rings (SSSR count). The van der Waals surface area contributed by atoms with E-state index in [9.17, 15) is 19.2 Å². The van der Waals surface area contributed by atoms with Gasteiger partial charge in [0.15, 0.2) is 5.69 Å². The number of nitrogens with one attached hydrogen (secondary N) is 1. The lowest BCUT2D eigenvalue weighted by Gasteiger charge is -2.03. The minimum Gasteiger partial charge on any atom is -0.478 e. The zero-order chi connectivity index (χ0) is 25.7. The van der Waals surface area contributed by atoms with Crippen molar-refractivity contribution in [3.63, 3.8) is 0 Å². The predicted molar refractivity (Wildman–Crippen MR) is 125 cm³/mol. The van der Waals surface area contributed by atoms with Crippen LogP contribution in [0.5, 0.6) is 0 Å². The quantitative estimate of drug-likeness (QED) is 0.350. The smallest absolute Gasteiger partial charge is 0.354 e. The Kier molecular flexibility index (Phi) is 7.49. The maximum absolute atomic E-state index is 12.0. The number of carbonyl (C=O) groups excluding carboxylic acids is 2. The lowest BCUT2D eigenvalue weighted by atomic mass is 10.1. The molecule has 0 aliphatic carbocycles. The van der Waals surface area contributed by atoms with Crippen LogP contribution in [0.25, 0.3) is 21.8 Å². The Labute approximate surface area is 198 Å². The van der Waals surface area contributed by atoms with E-state index in [0.29, 0.717) is 24.3 Å². The van der Waals surface area contributed by atoms with Crippen LogP contribution in [0.1, 0.15) is 55.4 Å². The Balaban J connectivity index is 0.000000261. The molecule has 0 amide bonds. The van der Waals surface area contributed by atoms with Gasteiger partial charge in [-0.15, -0.1) is 0 Å². The summed E-state index contributed by atoms with van der Waals surface area (Å²) in [5.41, 5.74) is 2.23. The number of aromatic carboxylic acids is 2. The fourth-order valence-electron chi connectivity index (χ4n) is 3.51. The molecular formula is C24H23N3O8. The van der Waals surface area contributed by atoms with Crippen LogP contribution < -0.4 is 0 Å². The van der Waals surface area contributed by atoms with Gasteiger partial charge < -0.3 is 24.3 Å². The third kappa shape index (κ3) is 5.13. The Morgan fingerprint density at radius 2 is 1.34 bits per heavy atom. The Hall–Kier alpha value is -4.67. The molecule has 182 valence electrons. The zero-order valence-electron chi connectivity index (χ0n) is 19.2. The minimum atomic E-state index is -1.33. The molecule has 0 fully saturated rings. The summed E-state index contributed by atoms with van der Waals surface area (Å²) in [6.45, 7) is 4.22. The molecule has 0 atom stereocenters. The summed E-state index contributed by atoms with van der Waals surface area (Å²) in [4.78, 5) is 44.5. The Morgan fingerprint density at radius 1 is 0.857 bits per heavy atom. The first kappa shape index (κ1) is 25.0. The van der Waals surface area contributed by atoms with Gasteiger partial charge in [-0.3, -0.25) is 5.10 Å². The molecule has 0 saturated heterocycles. The van der Waals surface area contributed by atoms with Gasteiger partial charge in [0.25, 0.3) is 0 Å². The molecule has 0 bridgehead atoms. The highest BCUT2D eigenvalue weighted by atomic mass is 16.5. The number of ether oxygens (including phenoxy) is 2. The zero-order valence-corrected chi connectivity index (χ0v) is 19.2. The van der Waals surface area contributed by atoms with Gasteiger partial charge in [0, 0.05) is 28.9 Å². The molecule has 0 aliphatic rings. The second-order valence-corrected chi connectivity index (χ2v) is 7.23. The van der Waals surface area contributed by atoms with Crippen molar-refractivity contribution in [1.82, 2.24) is 14.8 Å². The second-order valence-electron chi connectivity index (χ2n) is 7.23. The molecule has 0 aliphatic heterocycles. The van der Waals surface area contributed by atoms with Crippen molar-refractivity contribution in [3.8, 4) is 0 Å². The summed E-state index contributed by atoms with van der Waals surface area (Å²) in [5.74, 6) is -3.34. The summed E-state index contributed by atoms with van der Waals surface area (Å²) < 4.78 is 12.2. The van der Waals surface area contributed by atoms with Crippen molar-refractivity contribution in [2.24, 2.45) is 7.05 Å². The van der Waals surface area contributed by atoms with Gasteiger partial charge in [0.2, 0.25) is 0 Å². The summed E-state index contributed by atoms with van der Waals surface area (Å²) in [7, 11) is 1.96. The first-order valence-electron chi connectivity index (χ1n) is 10.6. The number of carboxylic acids is 2. The monoisotopic (exact) mass is 481 g/mol. The number of nitrogens with zero attached hydrogens (tertiary/aromatic N) is 2. The van der Waals surface area contributed by atoms with Crippen LogP contribution in [-0.2, 0) is 16.5 Å². The fourth-order valence-corrected chi connectivity index (χ4v) is 3.51. The highest BCUT2D eigenvalue weighted by Crippen LogP contribution is 2.30. The molecule has 0 unspecified atom stereocenters. The maximum atomic E-state index is 12.0. The number of benzene rings is 2. The molecular weight excluding hydrogens is 458 g/mol. The van der Waals surface area contributed by atoms with E-state index < -0.39 is 17.6 Å². The summed E-state index contributed by atoms with van der Waals surface area (Å²) in [6.07, 6.45) is 0.950. The van der Waals surface area contributed by atoms with Crippen LogP contribution in [0.2, 0.25) is 0 Å². The fraction of sp³-hybridized carbons (Fsp3) is 0.208. The number of hydrogen-bond donors (Lipinski definition) is 3. The van der Waals surface area contributed by atoms with Crippen LogP contribution in [-0.4, -0.2) is 62.1 Å². The highest BCUT2D eigenvalue weighted by molar-refractivity contribution is 6.11. The van der Waals surface area contributed by atoms with E-state index in [1.54, 1.807) is 26.0 Å². The van der Waals surface area contributed by atoms with Gasteiger partial charge >= 0.3 is 23.9 Å². The van der Waals surface area contributed by atoms with E-state index in [1.807, 2.05) is 35.9 Å². The van der Waals surface area contributed by atoms with Crippen molar-refractivity contribution < 1.29 is 38.9 Å². The molecule has 4 aromatic rings. The standard InChI is InChI=1S/C19H19NO4.C5H4N2O4/c1-4-23-18(21)12-6-8-16-14(10-12)15-11-13(19(22)24-5-2)7-9-17(15)20(16)3;8-4(9)2-1-6-7-3(2)5(10)11/h6-11H,4-5H2,1-3H3;1H,(H,6,7)(H,8,9)(H,10,11). The number of aromatic amines is 1. The molecule has 0 spiro atoms. The largest absolute Gasteiger partial charge is 0.478 e. The molecule has 3 N–H and O–H groups in total. The van der Waals surface area contributed by atoms with Crippen molar-refractivity contribution >= 4 is 45.7 Å². The SMILES string of the molecule is CCOC(=O)c1ccc2c(c1)c1cc(C(=O)OCC)ccc1n2C.O=C(O)c1cn[nH]c1C(=O)O. The number of carboxylic acid groups (broad SMARTS) is 2. The van der Waals surface area contributed by atoms with E-state index >= 15 is 0 Å². The van der Waals surface area contributed by atoms with Crippen molar-refractivity contribution in [2.75, 3.05) is 13.2 Å². The molecule has 0 saturated carbocycles. The number of carbonyl (C=O) groups is 4. The predicted octanol–water partition coefficient (Wildman–Crippen LogP) is 3.49. The van der Waals surface area contributed by atoms with Crippen LogP contribution >= 0.6 is 0 Å². The minimum absolute atomic E-state index is 0.333. The number of fused-ring (bicyclic) bond motifs is 3. The summed E-state index contributed by atoms with van der Waals surface area (Å²) in [6, 6.07) is 10.9. The molecule has 2 heterocycles. The summed E-state index contributed by atoms with van der Waals surface area (Å²) in [5, 5.41) is 23.9. The average Bonchev–Trinajstić information content (AvgIpc) is 3.44. The number of hydrogen-bond acceptors (Lipinski definition) is 7. The number of aryl methyl sites for hydroxylation is 1. The van der Waals surface area contributed by atoms with Gasteiger partial charge in [-0.2, -0.15) is 5.10 Å². The van der Waals surface area contributed by atoms with E-state index in [0.717, 1.165) is 28.0 Å². The average molecular weight is 481 g/mol. The van der Waals surface area contributed by atoms with Gasteiger partial charge in [-0.1, -0.05) is 0 Å². The maximum Gasteiger partial charge on any atom is 0.354 e. The number of esters is 2. The van der Waals surface area contributed by atoms with Crippen LogP contribution in [0.3, 0.4) is 0 Å². The van der Waals surface area contributed by atoms with Crippen LogP contribution in [0, 0.1) is 0 Å². The third-order valence-corrected chi connectivity index (χ3v) is 5.11. The summed E-state index contributed by atoms with van der Waals surface area (Å²) >= 11 is 0. The Bertz CT molecular complexity index is 1330. The normalized spacial score (nSPS) is 10.5. The second kappa shape index (κ2) is 10.5. The first-order chi connectivity index (χ1) is 16.7. The van der Waals surface area contributed by atoms with E-state index in [2.05, 4.69) is 10.2 Å². The lowest BCUT2D eigenvalue weighted by molar-refractivity contribution is 0.0517. The van der Waals surface area contributed by atoms with Gasteiger partial charge in [-0.05, 0) is 50.2 Å². The number of rotatable bonds is 6. The van der Waals surface area contributed by atoms with Crippen LogP contribution in [0.4, 0.5) is 0 Å². The number of H-pyrrole nitrogens is 1. The molecule has 0 radical (unpaired) electrons. The third-order valence-electron chi connectivity index (χ3n) is 5.11. The molecule has 11 heteroatoms. The van der Waals surface area contributed by atoms with Crippen molar-refractivity contribution in [2.45, 2.75) is 13.8 Å². The van der Waals surface area contributed by atoms with Crippen molar-refractivity contribution in [3.05, 3.63) is 65.0 Å².